The highest BCUT2D eigenvalue weighted by Gasteiger charge is 2.14. The number of aromatic nitrogens is 1. The van der Waals surface area contributed by atoms with Gasteiger partial charge in [0.15, 0.2) is 0 Å². The van der Waals surface area contributed by atoms with Crippen LogP contribution in [0.4, 0.5) is 11.4 Å². The number of carbonyl (C=O) groups is 2. The van der Waals surface area contributed by atoms with E-state index in [1.807, 2.05) is 13.0 Å². The maximum atomic E-state index is 12.5. The minimum absolute atomic E-state index is 0.0814. The summed E-state index contributed by atoms with van der Waals surface area (Å²) in [5.41, 5.74) is 2.49. The molecule has 0 unspecified atom stereocenters. The number of hydrogen-bond acceptors (Lipinski definition) is 4. The predicted octanol–water partition coefficient (Wildman–Crippen LogP) is 4.42. The molecule has 7 heteroatoms. The zero-order chi connectivity index (χ0) is 20.1. The molecule has 0 bridgehead atoms. The predicted molar refractivity (Wildman–Crippen MR) is 107 cm³/mol. The standard InChI is InChI=1S/C21H15ClN4O2/c1-13-6-7-16(11-17(13)22)25-21(28)19-10-14(8-9-24-19)20(27)26-18-5-3-2-4-15(18)12-23/h2-11H,1H3,(H,25,28)(H,26,27). The van der Waals surface area contributed by atoms with Gasteiger partial charge in [-0.2, -0.15) is 5.26 Å². The number of amides is 2. The summed E-state index contributed by atoms with van der Waals surface area (Å²) in [7, 11) is 0. The Labute approximate surface area is 166 Å². The van der Waals surface area contributed by atoms with Gasteiger partial charge in [0.25, 0.3) is 11.8 Å². The molecule has 3 rings (SSSR count). The lowest BCUT2D eigenvalue weighted by molar-refractivity contribution is 0.102. The number of pyridine rings is 1. The minimum Gasteiger partial charge on any atom is -0.321 e. The van der Waals surface area contributed by atoms with Crippen molar-refractivity contribution in [3.8, 4) is 6.07 Å². The van der Waals surface area contributed by atoms with E-state index in [1.165, 1.54) is 18.3 Å². The molecular formula is C21H15ClN4O2. The number of hydrogen-bond donors (Lipinski definition) is 2. The van der Waals surface area contributed by atoms with Crippen molar-refractivity contribution < 1.29 is 9.59 Å². The molecule has 28 heavy (non-hydrogen) atoms. The number of anilines is 2. The quantitative estimate of drug-likeness (QED) is 0.689. The van der Waals surface area contributed by atoms with Crippen LogP contribution in [0.1, 0.15) is 32.0 Å². The topological polar surface area (TPSA) is 94.9 Å². The second-order valence-electron chi connectivity index (χ2n) is 5.96. The SMILES string of the molecule is Cc1ccc(NC(=O)c2cc(C(=O)Nc3ccccc3C#N)ccn2)cc1Cl. The molecule has 2 amide bonds. The number of benzene rings is 2. The van der Waals surface area contributed by atoms with Crippen LogP contribution in [0.25, 0.3) is 0 Å². The van der Waals surface area contributed by atoms with Crippen LogP contribution < -0.4 is 10.6 Å². The number of nitrogens with zero attached hydrogens (tertiary/aromatic N) is 2. The molecule has 0 saturated carbocycles. The highest BCUT2D eigenvalue weighted by Crippen LogP contribution is 2.20. The zero-order valence-corrected chi connectivity index (χ0v) is 15.6. The van der Waals surface area contributed by atoms with Crippen molar-refractivity contribution in [2.24, 2.45) is 0 Å². The fourth-order valence-corrected chi connectivity index (χ4v) is 2.63. The van der Waals surface area contributed by atoms with Crippen LogP contribution in [-0.4, -0.2) is 16.8 Å². The van der Waals surface area contributed by atoms with Crippen molar-refractivity contribution in [2.45, 2.75) is 6.92 Å². The van der Waals surface area contributed by atoms with Gasteiger partial charge in [0.1, 0.15) is 11.8 Å². The van der Waals surface area contributed by atoms with Gasteiger partial charge in [-0.05, 0) is 48.9 Å². The highest BCUT2D eigenvalue weighted by atomic mass is 35.5. The van der Waals surface area contributed by atoms with Crippen LogP contribution in [-0.2, 0) is 0 Å². The van der Waals surface area contributed by atoms with E-state index in [9.17, 15) is 9.59 Å². The van der Waals surface area contributed by atoms with Gasteiger partial charge >= 0.3 is 0 Å². The average Bonchev–Trinajstić information content (AvgIpc) is 2.71. The maximum absolute atomic E-state index is 12.5. The van der Waals surface area contributed by atoms with E-state index in [2.05, 4.69) is 15.6 Å². The van der Waals surface area contributed by atoms with E-state index in [-0.39, 0.29) is 11.3 Å². The number of para-hydroxylation sites is 1. The van der Waals surface area contributed by atoms with Gasteiger partial charge in [0.2, 0.25) is 0 Å². The van der Waals surface area contributed by atoms with Crippen molar-refractivity contribution in [3.05, 3.63) is 88.2 Å². The summed E-state index contributed by atoms with van der Waals surface area (Å²) in [4.78, 5) is 29.0. The molecule has 0 atom stereocenters. The molecular weight excluding hydrogens is 376 g/mol. The first-order valence-corrected chi connectivity index (χ1v) is 8.70. The van der Waals surface area contributed by atoms with Crippen LogP contribution in [0.3, 0.4) is 0 Å². The van der Waals surface area contributed by atoms with Crippen molar-refractivity contribution in [3.63, 3.8) is 0 Å². The Kier molecular flexibility index (Phi) is 5.68. The van der Waals surface area contributed by atoms with Crippen LogP contribution in [0.2, 0.25) is 5.02 Å². The first kappa shape index (κ1) is 19.1. The van der Waals surface area contributed by atoms with Crippen molar-refractivity contribution in [2.75, 3.05) is 10.6 Å². The molecule has 0 saturated heterocycles. The van der Waals surface area contributed by atoms with Gasteiger partial charge in [-0.25, -0.2) is 0 Å². The highest BCUT2D eigenvalue weighted by molar-refractivity contribution is 6.31. The Morgan fingerprint density at radius 1 is 1.04 bits per heavy atom. The second-order valence-corrected chi connectivity index (χ2v) is 6.37. The summed E-state index contributed by atoms with van der Waals surface area (Å²) >= 11 is 6.07. The zero-order valence-electron chi connectivity index (χ0n) is 14.9. The second kappa shape index (κ2) is 8.33. The molecule has 138 valence electrons. The molecule has 0 spiro atoms. The lowest BCUT2D eigenvalue weighted by Crippen LogP contribution is -2.17. The normalized spacial score (nSPS) is 10.0. The summed E-state index contributed by atoms with van der Waals surface area (Å²) in [6, 6.07) is 16.7. The number of nitriles is 1. The fourth-order valence-electron chi connectivity index (χ4n) is 2.45. The molecule has 0 radical (unpaired) electrons. The van der Waals surface area contributed by atoms with Gasteiger partial charge in [0.05, 0.1) is 11.3 Å². The minimum atomic E-state index is -0.466. The lowest BCUT2D eigenvalue weighted by atomic mass is 10.1. The van der Waals surface area contributed by atoms with Gasteiger partial charge in [-0.3, -0.25) is 14.6 Å². The molecule has 3 aromatic rings. The molecule has 0 aliphatic carbocycles. The molecule has 1 heterocycles. The van der Waals surface area contributed by atoms with Gasteiger partial charge < -0.3 is 10.6 Å². The molecule has 0 aliphatic heterocycles. The number of rotatable bonds is 4. The smallest absolute Gasteiger partial charge is 0.274 e. The summed E-state index contributed by atoms with van der Waals surface area (Å²) in [6.45, 7) is 1.86. The van der Waals surface area contributed by atoms with Crippen LogP contribution in [0, 0.1) is 18.3 Å². The third-order valence-electron chi connectivity index (χ3n) is 3.98. The summed E-state index contributed by atoms with van der Waals surface area (Å²) in [6.07, 6.45) is 1.38. The number of aryl methyl sites for hydroxylation is 1. The first-order chi connectivity index (χ1) is 13.5. The summed E-state index contributed by atoms with van der Waals surface area (Å²) in [5.74, 6) is -0.912. The first-order valence-electron chi connectivity index (χ1n) is 8.32. The van der Waals surface area contributed by atoms with Crippen molar-refractivity contribution in [1.29, 1.82) is 5.26 Å². The molecule has 1 aromatic heterocycles. The Hall–Kier alpha value is -3.69. The Balaban J connectivity index is 1.77. The number of halogens is 1. The van der Waals surface area contributed by atoms with E-state index < -0.39 is 11.8 Å². The maximum Gasteiger partial charge on any atom is 0.274 e. The van der Waals surface area contributed by atoms with Crippen LogP contribution in [0.15, 0.2) is 60.8 Å². The van der Waals surface area contributed by atoms with Gasteiger partial charge in [-0.1, -0.05) is 29.8 Å². The fraction of sp³-hybridized carbons (Fsp3) is 0.0476. The third kappa shape index (κ3) is 4.34. The van der Waals surface area contributed by atoms with Crippen molar-refractivity contribution in [1.82, 2.24) is 4.98 Å². The Morgan fingerprint density at radius 3 is 2.57 bits per heavy atom. The van der Waals surface area contributed by atoms with Gasteiger partial charge in [0, 0.05) is 22.5 Å². The lowest BCUT2D eigenvalue weighted by Gasteiger charge is -2.09. The van der Waals surface area contributed by atoms with Gasteiger partial charge in [-0.15, -0.1) is 0 Å². The molecule has 6 nitrogen and oxygen atoms in total. The molecule has 2 N–H and O–H groups in total. The van der Waals surface area contributed by atoms with Crippen LogP contribution in [0.5, 0.6) is 0 Å². The Morgan fingerprint density at radius 2 is 1.82 bits per heavy atom. The molecule has 2 aromatic carbocycles. The molecule has 0 fully saturated rings. The average molecular weight is 391 g/mol. The molecule has 0 aliphatic rings. The summed E-state index contributed by atoms with van der Waals surface area (Å²) in [5, 5.41) is 15.0. The summed E-state index contributed by atoms with van der Waals surface area (Å²) < 4.78 is 0. The monoisotopic (exact) mass is 390 g/mol. The van der Waals surface area contributed by atoms with E-state index >= 15 is 0 Å². The van der Waals surface area contributed by atoms with Crippen molar-refractivity contribution >= 4 is 34.8 Å². The number of carbonyl (C=O) groups excluding carboxylic acids is 2. The third-order valence-corrected chi connectivity index (χ3v) is 4.39. The van der Waals surface area contributed by atoms with E-state index in [4.69, 9.17) is 16.9 Å². The Bertz CT molecular complexity index is 1110. The van der Waals surface area contributed by atoms with E-state index in [0.29, 0.717) is 22.0 Å². The van der Waals surface area contributed by atoms with E-state index in [1.54, 1.807) is 42.5 Å². The number of nitrogens with one attached hydrogen (secondary N) is 2. The van der Waals surface area contributed by atoms with E-state index in [0.717, 1.165) is 5.56 Å². The largest absolute Gasteiger partial charge is 0.321 e. The van der Waals surface area contributed by atoms with Crippen LogP contribution >= 0.6 is 11.6 Å².